The minimum atomic E-state index is 0.133. The van der Waals surface area contributed by atoms with Gasteiger partial charge < -0.3 is 9.80 Å². The molecule has 1 unspecified atom stereocenters. The molecule has 1 amide bonds. The molecule has 1 aromatic heterocycles. The van der Waals surface area contributed by atoms with Crippen LogP contribution < -0.4 is 0 Å². The Bertz CT molecular complexity index is 664. The molecule has 142 valence electrons. The summed E-state index contributed by atoms with van der Waals surface area (Å²) in [5, 5.41) is 2.11. The summed E-state index contributed by atoms with van der Waals surface area (Å²) in [6.45, 7) is 12.7. The molecule has 1 atom stereocenters. The molecule has 0 radical (unpaired) electrons. The number of rotatable bonds is 10. The zero-order valence-corrected chi connectivity index (χ0v) is 17.4. The standard InChI is InChI=1S/C22H32N2OS/c1-5-23(6-2)15-10-11-19(4)24(17-21-18(3)14-16-26-21)22(25)20-12-8-7-9-13-20/h7-9,12-14,16,19H,5-6,10-11,15,17H2,1-4H3. The Kier molecular flexibility index (Phi) is 8.33. The fraction of sp³-hybridized carbons (Fsp3) is 0.500. The predicted molar refractivity (Wildman–Crippen MR) is 112 cm³/mol. The van der Waals surface area contributed by atoms with E-state index in [0.29, 0.717) is 6.54 Å². The van der Waals surface area contributed by atoms with E-state index in [9.17, 15) is 4.79 Å². The summed E-state index contributed by atoms with van der Waals surface area (Å²) in [4.78, 5) is 18.9. The van der Waals surface area contributed by atoms with Crippen LogP contribution in [0.4, 0.5) is 0 Å². The molecule has 0 saturated carbocycles. The Hall–Kier alpha value is -1.65. The van der Waals surface area contributed by atoms with Gasteiger partial charge in [0.15, 0.2) is 0 Å². The molecule has 4 heteroatoms. The van der Waals surface area contributed by atoms with Gasteiger partial charge in [-0.05, 0) is 75.5 Å². The normalized spacial score (nSPS) is 12.3. The number of benzene rings is 1. The average molecular weight is 373 g/mol. The number of hydrogen-bond donors (Lipinski definition) is 0. The minimum absolute atomic E-state index is 0.133. The third-order valence-corrected chi connectivity index (χ3v) is 6.09. The van der Waals surface area contributed by atoms with E-state index in [1.807, 2.05) is 30.3 Å². The summed E-state index contributed by atoms with van der Waals surface area (Å²) in [5.41, 5.74) is 2.05. The second-order valence-corrected chi connectivity index (χ2v) is 7.84. The van der Waals surface area contributed by atoms with Gasteiger partial charge in [-0.15, -0.1) is 11.3 Å². The molecule has 2 rings (SSSR count). The van der Waals surface area contributed by atoms with Gasteiger partial charge in [-0.2, -0.15) is 0 Å². The van der Waals surface area contributed by atoms with Gasteiger partial charge in [0.1, 0.15) is 0 Å². The zero-order valence-electron chi connectivity index (χ0n) is 16.6. The van der Waals surface area contributed by atoms with Crippen LogP contribution in [0.25, 0.3) is 0 Å². The molecule has 0 bridgehead atoms. The van der Waals surface area contributed by atoms with Crippen LogP contribution in [-0.2, 0) is 6.54 Å². The Morgan fingerprint density at radius 1 is 1.12 bits per heavy atom. The van der Waals surface area contributed by atoms with Crippen molar-refractivity contribution < 1.29 is 4.79 Å². The summed E-state index contributed by atoms with van der Waals surface area (Å²) in [7, 11) is 0. The summed E-state index contributed by atoms with van der Waals surface area (Å²) in [6.07, 6.45) is 2.14. The maximum Gasteiger partial charge on any atom is 0.254 e. The highest BCUT2D eigenvalue weighted by Gasteiger charge is 2.22. The minimum Gasteiger partial charge on any atom is -0.331 e. The quantitative estimate of drug-likeness (QED) is 0.571. The van der Waals surface area contributed by atoms with E-state index in [4.69, 9.17) is 0 Å². The number of hydrogen-bond acceptors (Lipinski definition) is 3. The number of amides is 1. The van der Waals surface area contributed by atoms with E-state index >= 15 is 0 Å². The largest absolute Gasteiger partial charge is 0.331 e. The van der Waals surface area contributed by atoms with Gasteiger partial charge in [0.2, 0.25) is 0 Å². The van der Waals surface area contributed by atoms with Gasteiger partial charge in [0.25, 0.3) is 5.91 Å². The summed E-state index contributed by atoms with van der Waals surface area (Å²) >= 11 is 1.74. The molecule has 0 aliphatic carbocycles. The Labute approximate surface area is 162 Å². The third kappa shape index (κ3) is 5.68. The first-order valence-electron chi connectivity index (χ1n) is 9.68. The number of thiophene rings is 1. The van der Waals surface area contributed by atoms with E-state index in [0.717, 1.165) is 38.0 Å². The summed E-state index contributed by atoms with van der Waals surface area (Å²) in [6, 6.07) is 12.0. The smallest absolute Gasteiger partial charge is 0.254 e. The SMILES string of the molecule is CCN(CC)CCCC(C)N(Cc1sccc1C)C(=O)c1ccccc1. The lowest BCUT2D eigenvalue weighted by Gasteiger charge is -2.30. The average Bonchev–Trinajstić information content (AvgIpc) is 3.08. The van der Waals surface area contributed by atoms with Crippen molar-refractivity contribution >= 4 is 17.2 Å². The molecule has 0 spiro atoms. The maximum atomic E-state index is 13.2. The van der Waals surface area contributed by atoms with Crippen LogP contribution in [0.3, 0.4) is 0 Å². The second-order valence-electron chi connectivity index (χ2n) is 6.84. The number of nitrogens with zero attached hydrogens (tertiary/aromatic N) is 2. The molecule has 0 N–H and O–H groups in total. The number of carbonyl (C=O) groups excluding carboxylic acids is 1. The van der Waals surface area contributed by atoms with Crippen LogP contribution in [0.2, 0.25) is 0 Å². The Morgan fingerprint density at radius 3 is 2.38 bits per heavy atom. The molecule has 0 aliphatic heterocycles. The van der Waals surface area contributed by atoms with Gasteiger partial charge in [0.05, 0.1) is 6.54 Å². The molecular formula is C22H32N2OS. The van der Waals surface area contributed by atoms with Gasteiger partial charge in [-0.3, -0.25) is 4.79 Å². The molecule has 0 fully saturated rings. The molecule has 0 saturated heterocycles. The molecule has 1 aromatic carbocycles. The van der Waals surface area contributed by atoms with Crippen molar-refractivity contribution in [2.75, 3.05) is 19.6 Å². The molecule has 2 aromatic rings. The van der Waals surface area contributed by atoms with Crippen molar-refractivity contribution in [2.24, 2.45) is 0 Å². The molecule has 26 heavy (non-hydrogen) atoms. The molecule has 1 heterocycles. The number of carbonyl (C=O) groups is 1. The highest BCUT2D eigenvalue weighted by Crippen LogP contribution is 2.22. The highest BCUT2D eigenvalue weighted by atomic mass is 32.1. The van der Waals surface area contributed by atoms with Crippen molar-refractivity contribution in [1.29, 1.82) is 0 Å². The van der Waals surface area contributed by atoms with Crippen LogP contribution in [0.15, 0.2) is 41.8 Å². The second kappa shape index (κ2) is 10.5. The van der Waals surface area contributed by atoms with Crippen molar-refractivity contribution in [3.8, 4) is 0 Å². The van der Waals surface area contributed by atoms with E-state index in [-0.39, 0.29) is 11.9 Å². The Morgan fingerprint density at radius 2 is 1.81 bits per heavy atom. The Balaban J connectivity index is 2.09. The van der Waals surface area contributed by atoms with Crippen molar-refractivity contribution in [3.05, 3.63) is 57.8 Å². The lowest BCUT2D eigenvalue weighted by Crippen LogP contribution is -2.38. The molecule has 3 nitrogen and oxygen atoms in total. The lowest BCUT2D eigenvalue weighted by atomic mass is 10.1. The monoisotopic (exact) mass is 372 g/mol. The summed E-state index contributed by atoms with van der Waals surface area (Å²) in [5.74, 6) is 0.133. The fourth-order valence-corrected chi connectivity index (χ4v) is 4.11. The van der Waals surface area contributed by atoms with Crippen molar-refractivity contribution in [1.82, 2.24) is 9.80 Å². The van der Waals surface area contributed by atoms with E-state index in [1.165, 1.54) is 10.4 Å². The van der Waals surface area contributed by atoms with Crippen molar-refractivity contribution in [2.45, 2.75) is 53.1 Å². The fourth-order valence-electron chi connectivity index (χ4n) is 3.20. The topological polar surface area (TPSA) is 23.6 Å². The van der Waals surface area contributed by atoms with E-state index in [1.54, 1.807) is 11.3 Å². The molecule has 0 aliphatic rings. The first-order valence-corrected chi connectivity index (χ1v) is 10.6. The third-order valence-electron chi connectivity index (χ3n) is 5.09. The van der Waals surface area contributed by atoms with Gasteiger partial charge in [0, 0.05) is 16.5 Å². The maximum absolute atomic E-state index is 13.2. The van der Waals surface area contributed by atoms with E-state index in [2.05, 4.69) is 48.9 Å². The lowest BCUT2D eigenvalue weighted by molar-refractivity contribution is 0.0664. The van der Waals surface area contributed by atoms with Crippen LogP contribution in [-0.4, -0.2) is 41.4 Å². The first-order chi connectivity index (χ1) is 12.6. The van der Waals surface area contributed by atoms with Gasteiger partial charge in [-0.25, -0.2) is 0 Å². The highest BCUT2D eigenvalue weighted by molar-refractivity contribution is 7.10. The first kappa shape index (κ1) is 20.7. The van der Waals surface area contributed by atoms with Crippen molar-refractivity contribution in [3.63, 3.8) is 0 Å². The zero-order chi connectivity index (χ0) is 18.9. The predicted octanol–water partition coefficient (Wildman–Crippen LogP) is 5.21. The number of aryl methyl sites for hydroxylation is 1. The summed E-state index contributed by atoms with van der Waals surface area (Å²) < 4.78 is 0. The van der Waals surface area contributed by atoms with Crippen LogP contribution in [0.5, 0.6) is 0 Å². The van der Waals surface area contributed by atoms with Crippen LogP contribution in [0, 0.1) is 6.92 Å². The molecular weight excluding hydrogens is 340 g/mol. The van der Waals surface area contributed by atoms with Gasteiger partial charge in [-0.1, -0.05) is 32.0 Å². The van der Waals surface area contributed by atoms with Crippen LogP contribution in [0.1, 0.15) is 54.4 Å². The van der Waals surface area contributed by atoms with Gasteiger partial charge >= 0.3 is 0 Å². The van der Waals surface area contributed by atoms with E-state index < -0.39 is 0 Å². The van der Waals surface area contributed by atoms with Crippen LogP contribution >= 0.6 is 11.3 Å².